The molecule has 136 valence electrons. The summed E-state index contributed by atoms with van der Waals surface area (Å²) in [5.74, 6) is 0. The summed E-state index contributed by atoms with van der Waals surface area (Å²) in [6, 6.07) is 8.37. The maximum Gasteiger partial charge on any atom is 0.0924 e. The number of nitrogens with zero attached hydrogens (tertiary/aromatic N) is 2. The zero-order valence-corrected chi connectivity index (χ0v) is 15.8. The molecule has 26 heavy (non-hydrogen) atoms. The highest BCUT2D eigenvalue weighted by atomic mass is 16.3. The monoisotopic (exact) mass is 349 g/mol. The number of aromatic nitrogens is 2. The topological polar surface area (TPSA) is 50.1 Å². The Hall–Kier alpha value is -2.17. The molecule has 1 aromatic carbocycles. The van der Waals surface area contributed by atoms with Crippen molar-refractivity contribution < 1.29 is 5.11 Å². The number of fused-ring (bicyclic) bond motifs is 3. The lowest BCUT2D eigenvalue weighted by Gasteiger charge is -2.24. The van der Waals surface area contributed by atoms with Gasteiger partial charge in [-0.05, 0) is 50.1 Å². The normalized spacial score (nSPS) is 16.9. The molecule has 3 heterocycles. The third kappa shape index (κ3) is 2.93. The summed E-state index contributed by atoms with van der Waals surface area (Å²) in [5.41, 5.74) is 6.54. The van der Waals surface area contributed by atoms with Crippen LogP contribution in [-0.2, 0) is 31.9 Å². The van der Waals surface area contributed by atoms with Gasteiger partial charge in [-0.1, -0.05) is 17.7 Å². The number of pyridine rings is 1. The highest BCUT2D eigenvalue weighted by Crippen LogP contribution is 2.34. The maximum atomic E-state index is 11.2. The first-order valence-electron chi connectivity index (χ1n) is 9.40. The van der Waals surface area contributed by atoms with E-state index in [1.165, 1.54) is 33.3 Å². The first kappa shape index (κ1) is 17.3. The van der Waals surface area contributed by atoms with Crippen LogP contribution in [0, 0.1) is 6.92 Å². The van der Waals surface area contributed by atoms with Gasteiger partial charge in [-0.15, -0.1) is 0 Å². The van der Waals surface area contributed by atoms with Gasteiger partial charge in [0.15, 0.2) is 0 Å². The van der Waals surface area contributed by atoms with Crippen LogP contribution in [0.2, 0.25) is 0 Å². The molecule has 4 rings (SSSR count). The predicted molar refractivity (Wildman–Crippen MR) is 105 cm³/mol. The fraction of sp³-hybridized carbons (Fsp3) is 0.409. The van der Waals surface area contributed by atoms with Gasteiger partial charge >= 0.3 is 0 Å². The van der Waals surface area contributed by atoms with Crippen LogP contribution >= 0.6 is 0 Å². The van der Waals surface area contributed by atoms with E-state index in [2.05, 4.69) is 41.0 Å². The molecule has 0 saturated carbocycles. The van der Waals surface area contributed by atoms with Gasteiger partial charge in [0.2, 0.25) is 0 Å². The molecule has 4 nitrogen and oxygen atoms in total. The SMILES string of the molecule is Cc1cc(CC(C)(O)c2cccnc2)c2c(c1)c1c(n2C)CCNCC1. The van der Waals surface area contributed by atoms with Crippen LogP contribution in [0.3, 0.4) is 0 Å². The fourth-order valence-electron chi connectivity index (χ4n) is 4.40. The van der Waals surface area contributed by atoms with Gasteiger partial charge < -0.3 is 15.0 Å². The summed E-state index contributed by atoms with van der Waals surface area (Å²) in [6.45, 7) is 6.09. The Morgan fingerprint density at radius 2 is 2.08 bits per heavy atom. The average Bonchev–Trinajstić information content (AvgIpc) is 2.78. The van der Waals surface area contributed by atoms with Gasteiger partial charge in [0.25, 0.3) is 0 Å². The molecule has 1 aliphatic heterocycles. The Kier molecular flexibility index (Phi) is 4.33. The predicted octanol–water partition coefficient (Wildman–Crippen LogP) is 3.02. The summed E-state index contributed by atoms with van der Waals surface area (Å²) < 4.78 is 2.35. The molecule has 0 spiro atoms. The molecule has 0 fully saturated rings. The fourth-order valence-corrected chi connectivity index (χ4v) is 4.40. The van der Waals surface area contributed by atoms with Crippen LogP contribution in [0.5, 0.6) is 0 Å². The maximum absolute atomic E-state index is 11.2. The van der Waals surface area contributed by atoms with Crippen LogP contribution in [0.25, 0.3) is 10.9 Å². The molecule has 0 bridgehead atoms. The number of rotatable bonds is 3. The minimum atomic E-state index is -0.946. The van der Waals surface area contributed by atoms with Crippen molar-refractivity contribution >= 4 is 10.9 Å². The second-order valence-corrected chi connectivity index (χ2v) is 7.75. The van der Waals surface area contributed by atoms with Crippen molar-refractivity contribution in [2.45, 2.75) is 38.7 Å². The van der Waals surface area contributed by atoms with Gasteiger partial charge in [0.1, 0.15) is 0 Å². The Bertz CT molecular complexity index is 941. The van der Waals surface area contributed by atoms with Gasteiger partial charge in [0.05, 0.1) is 11.1 Å². The minimum Gasteiger partial charge on any atom is -0.385 e. The van der Waals surface area contributed by atoms with Gasteiger partial charge in [-0.2, -0.15) is 0 Å². The molecular weight excluding hydrogens is 322 g/mol. The number of aryl methyl sites for hydroxylation is 2. The van der Waals surface area contributed by atoms with E-state index in [-0.39, 0.29) is 0 Å². The van der Waals surface area contributed by atoms with E-state index in [1.807, 2.05) is 19.1 Å². The molecule has 2 N–H and O–H groups in total. The molecular formula is C22H27N3O. The Labute approximate surface area is 154 Å². The van der Waals surface area contributed by atoms with E-state index in [0.717, 1.165) is 31.5 Å². The molecule has 4 heteroatoms. The summed E-state index contributed by atoms with van der Waals surface area (Å²) >= 11 is 0. The van der Waals surface area contributed by atoms with E-state index >= 15 is 0 Å². The summed E-state index contributed by atoms with van der Waals surface area (Å²) in [7, 11) is 2.17. The first-order chi connectivity index (χ1) is 12.5. The van der Waals surface area contributed by atoms with E-state index in [4.69, 9.17) is 0 Å². The zero-order chi connectivity index (χ0) is 18.3. The largest absolute Gasteiger partial charge is 0.385 e. The van der Waals surface area contributed by atoms with Crippen LogP contribution < -0.4 is 5.32 Å². The molecule has 1 unspecified atom stereocenters. The lowest BCUT2D eigenvalue weighted by molar-refractivity contribution is 0.0575. The van der Waals surface area contributed by atoms with Crippen LogP contribution in [-0.4, -0.2) is 27.7 Å². The molecule has 1 aliphatic rings. The smallest absolute Gasteiger partial charge is 0.0924 e. The highest BCUT2D eigenvalue weighted by Gasteiger charge is 2.27. The first-order valence-corrected chi connectivity index (χ1v) is 9.40. The van der Waals surface area contributed by atoms with E-state index in [0.29, 0.717) is 6.42 Å². The van der Waals surface area contributed by atoms with Crippen LogP contribution in [0.1, 0.15) is 34.9 Å². The lowest BCUT2D eigenvalue weighted by atomic mass is 9.88. The molecule has 3 aromatic rings. The zero-order valence-electron chi connectivity index (χ0n) is 15.8. The van der Waals surface area contributed by atoms with Crippen molar-refractivity contribution in [1.29, 1.82) is 0 Å². The van der Waals surface area contributed by atoms with Gasteiger partial charge in [-0.3, -0.25) is 4.98 Å². The van der Waals surface area contributed by atoms with Crippen molar-refractivity contribution in [2.75, 3.05) is 13.1 Å². The minimum absolute atomic E-state index is 0.575. The Morgan fingerprint density at radius 3 is 2.85 bits per heavy atom. The highest BCUT2D eigenvalue weighted by molar-refractivity contribution is 5.89. The third-order valence-electron chi connectivity index (χ3n) is 5.66. The van der Waals surface area contributed by atoms with E-state index < -0.39 is 5.60 Å². The molecule has 0 aliphatic carbocycles. The summed E-state index contributed by atoms with van der Waals surface area (Å²) in [6.07, 6.45) is 6.20. The third-order valence-corrected chi connectivity index (χ3v) is 5.66. The number of hydrogen-bond donors (Lipinski definition) is 2. The Morgan fingerprint density at radius 1 is 1.27 bits per heavy atom. The summed E-state index contributed by atoms with van der Waals surface area (Å²) in [4.78, 5) is 4.18. The second kappa shape index (κ2) is 6.53. The molecule has 1 atom stereocenters. The quantitative estimate of drug-likeness (QED) is 0.764. The molecule has 2 aromatic heterocycles. The number of benzene rings is 1. The van der Waals surface area contributed by atoms with Gasteiger partial charge in [-0.25, -0.2) is 0 Å². The van der Waals surface area contributed by atoms with Gasteiger partial charge in [0, 0.05) is 55.5 Å². The number of nitrogens with one attached hydrogen (secondary N) is 1. The van der Waals surface area contributed by atoms with Crippen molar-refractivity contribution in [3.8, 4) is 0 Å². The Balaban J connectivity index is 1.85. The standard InChI is InChI=1S/C22H27N3O/c1-15-11-16(13-22(2,26)17-5-4-8-24-14-17)21-19(12-15)18-6-9-23-10-7-20(18)25(21)3/h4-5,8,11-12,14,23,26H,6-7,9-10,13H2,1-3H3. The van der Waals surface area contributed by atoms with Crippen molar-refractivity contribution in [2.24, 2.45) is 7.05 Å². The van der Waals surface area contributed by atoms with E-state index in [9.17, 15) is 5.11 Å². The van der Waals surface area contributed by atoms with Crippen molar-refractivity contribution in [3.05, 3.63) is 64.6 Å². The average molecular weight is 349 g/mol. The summed E-state index contributed by atoms with van der Waals surface area (Å²) in [5, 5.41) is 16.0. The van der Waals surface area contributed by atoms with E-state index in [1.54, 1.807) is 12.4 Å². The molecule has 0 amide bonds. The second-order valence-electron chi connectivity index (χ2n) is 7.75. The molecule has 0 saturated heterocycles. The number of hydrogen-bond acceptors (Lipinski definition) is 3. The van der Waals surface area contributed by atoms with Crippen LogP contribution in [0.4, 0.5) is 0 Å². The van der Waals surface area contributed by atoms with Crippen molar-refractivity contribution in [3.63, 3.8) is 0 Å². The molecule has 0 radical (unpaired) electrons. The lowest BCUT2D eigenvalue weighted by Crippen LogP contribution is -2.25. The van der Waals surface area contributed by atoms with Crippen LogP contribution in [0.15, 0.2) is 36.7 Å². The van der Waals surface area contributed by atoms with Crippen molar-refractivity contribution in [1.82, 2.24) is 14.9 Å². The number of aliphatic hydroxyl groups is 1.